The van der Waals surface area contributed by atoms with Gasteiger partial charge in [-0.2, -0.15) is 0 Å². The summed E-state index contributed by atoms with van der Waals surface area (Å²) in [5.41, 5.74) is 3.61. The Morgan fingerprint density at radius 1 is 0.812 bits per heavy atom. The highest BCUT2D eigenvalue weighted by molar-refractivity contribution is 6.12. The van der Waals surface area contributed by atoms with Crippen molar-refractivity contribution in [3.63, 3.8) is 0 Å². The molecule has 2 heteroatoms. The van der Waals surface area contributed by atoms with Gasteiger partial charge in [-0.15, -0.1) is 0 Å². The summed E-state index contributed by atoms with van der Waals surface area (Å²) in [6.07, 6.45) is 0. The number of benzene rings is 3. The number of ketones is 1. The third-order valence-corrected chi connectivity index (χ3v) is 9.63. The van der Waals surface area contributed by atoms with Crippen LogP contribution in [0.2, 0.25) is 0 Å². The van der Waals surface area contributed by atoms with E-state index in [2.05, 4.69) is 81.4 Å². The summed E-state index contributed by atoms with van der Waals surface area (Å²) < 4.78 is 0. The molecule has 3 aromatic rings. The lowest BCUT2D eigenvalue weighted by Gasteiger charge is -2.47. The number of fused-ring (bicyclic) bond motifs is 3. The summed E-state index contributed by atoms with van der Waals surface area (Å²) in [5.74, 6) is -0.140. The minimum atomic E-state index is -1.05. The zero-order valence-corrected chi connectivity index (χ0v) is 18.6. The fourth-order valence-corrected chi connectivity index (χ4v) is 8.79. The summed E-state index contributed by atoms with van der Waals surface area (Å²) >= 11 is 0. The van der Waals surface area contributed by atoms with Gasteiger partial charge in [-0.3, -0.25) is 4.79 Å². The Morgan fingerprint density at radius 3 is 2.09 bits per heavy atom. The van der Waals surface area contributed by atoms with E-state index in [1.165, 1.54) is 5.56 Å². The molecule has 6 atom stereocenters. The summed E-state index contributed by atoms with van der Waals surface area (Å²) in [7, 11) is 0. The van der Waals surface area contributed by atoms with Crippen molar-refractivity contribution in [2.45, 2.75) is 37.7 Å². The van der Waals surface area contributed by atoms with Gasteiger partial charge in [-0.1, -0.05) is 91.9 Å². The van der Waals surface area contributed by atoms with Crippen LogP contribution in [0.1, 0.15) is 48.9 Å². The number of hydrogen-bond donors (Lipinski definition) is 1. The SMILES string of the molecule is CC1=C(c2ccccc2)C2(C)C(=O)C3(C)C4C1(O)C2c1ccccc1C43c1ccccc1. The molecule has 0 radical (unpaired) electrons. The molecule has 6 unspecified atom stereocenters. The molecule has 0 saturated heterocycles. The molecule has 0 heterocycles. The topological polar surface area (TPSA) is 37.3 Å². The van der Waals surface area contributed by atoms with Crippen LogP contribution >= 0.6 is 0 Å². The van der Waals surface area contributed by atoms with Crippen LogP contribution in [0.15, 0.2) is 90.5 Å². The Labute approximate surface area is 188 Å². The van der Waals surface area contributed by atoms with E-state index in [0.717, 1.165) is 27.8 Å². The van der Waals surface area contributed by atoms with Crippen LogP contribution in [0.5, 0.6) is 0 Å². The molecule has 7 rings (SSSR count). The fraction of sp³-hybridized carbons (Fsp3) is 0.300. The number of aliphatic hydroxyl groups is 1. The van der Waals surface area contributed by atoms with Crippen LogP contribution in [-0.4, -0.2) is 16.5 Å². The summed E-state index contributed by atoms with van der Waals surface area (Å²) in [6, 6.07) is 29.1. The van der Waals surface area contributed by atoms with Crippen molar-refractivity contribution < 1.29 is 9.90 Å². The van der Waals surface area contributed by atoms with E-state index < -0.39 is 21.8 Å². The molecule has 1 N–H and O–H groups in total. The molecule has 158 valence electrons. The second-order valence-electron chi connectivity index (χ2n) is 10.6. The van der Waals surface area contributed by atoms with Crippen molar-refractivity contribution >= 4 is 11.4 Å². The molecule has 4 aliphatic rings. The molecule has 4 aliphatic carbocycles. The first kappa shape index (κ1) is 18.6. The molecule has 0 spiro atoms. The molecule has 2 nitrogen and oxygen atoms in total. The average molecular weight is 419 g/mol. The molecule has 3 aromatic carbocycles. The number of allylic oxidation sites excluding steroid dienone is 1. The maximum atomic E-state index is 14.7. The highest BCUT2D eigenvalue weighted by Gasteiger charge is 2.94. The first-order valence-electron chi connectivity index (χ1n) is 11.6. The lowest BCUT2D eigenvalue weighted by molar-refractivity contribution is -0.140. The van der Waals surface area contributed by atoms with E-state index in [4.69, 9.17) is 0 Å². The van der Waals surface area contributed by atoms with Gasteiger partial charge >= 0.3 is 0 Å². The molecule has 0 aromatic heterocycles. The Bertz CT molecular complexity index is 1360. The van der Waals surface area contributed by atoms with Crippen molar-refractivity contribution in [1.29, 1.82) is 0 Å². The Morgan fingerprint density at radius 2 is 1.41 bits per heavy atom. The molecule has 32 heavy (non-hydrogen) atoms. The minimum absolute atomic E-state index is 0.161. The van der Waals surface area contributed by atoms with Crippen LogP contribution in [0.3, 0.4) is 0 Å². The van der Waals surface area contributed by atoms with Crippen LogP contribution in [0, 0.1) is 16.7 Å². The third kappa shape index (κ3) is 1.54. The van der Waals surface area contributed by atoms with E-state index in [0.29, 0.717) is 0 Å². The summed E-state index contributed by atoms with van der Waals surface area (Å²) in [5, 5.41) is 12.7. The van der Waals surface area contributed by atoms with Crippen molar-refractivity contribution in [3.8, 4) is 0 Å². The van der Waals surface area contributed by atoms with Gasteiger partial charge in [0.1, 0.15) is 0 Å². The lowest BCUT2D eigenvalue weighted by Crippen LogP contribution is -2.53. The zero-order chi connectivity index (χ0) is 22.1. The van der Waals surface area contributed by atoms with Crippen LogP contribution < -0.4 is 0 Å². The van der Waals surface area contributed by atoms with Gasteiger partial charge in [-0.25, -0.2) is 0 Å². The monoisotopic (exact) mass is 418 g/mol. The first-order chi connectivity index (χ1) is 15.4. The second kappa shape index (κ2) is 5.32. The predicted octanol–water partition coefficient (Wildman–Crippen LogP) is 5.51. The number of carbonyl (C=O) groups excluding carboxylic acids is 1. The second-order valence-corrected chi connectivity index (χ2v) is 10.6. The quantitative estimate of drug-likeness (QED) is 0.596. The van der Waals surface area contributed by atoms with E-state index in [1.807, 2.05) is 24.3 Å². The minimum Gasteiger partial charge on any atom is -0.384 e. The molecule has 4 bridgehead atoms. The molecule has 2 saturated carbocycles. The standard InChI is InChI=1S/C30H26O2/c1-18-23(19-12-6-4-7-13-19)27(2)24-21-16-10-11-17-22(21)29(20-14-8-5-9-15-20)25(30(18,24)32)28(29,3)26(27)31/h4-17,24-25,32H,1-3H3. The van der Waals surface area contributed by atoms with Crippen LogP contribution in [0.4, 0.5) is 0 Å². The van der Waals surface area contributed by atoms with Gasteiger partial charge in [0.15, 0.2) is 5.78 Å². The lowest BCUT2D eigenvalue weighted by atomic mass is 9.56. The van der Waals surface area contributed by atoms with Crippen molar-refractivity contribution in [2.24, 2.45) is 16.7 Å². The number of Topliss-reactive ketones (excluding diaryl/α,β-unsaturated/α-hetero) is 1. The van der Waals surface area contributed by atoms with Gasteiger partial charge in [0.2, 0.25) is 0 Å². The Balaban J connectivity index is 1.64. The molecule has 0 aliphatic heterocycles. The van der Waals surface area contributed by atoms with E-state index in [9.17, 15) is 9.90 Å². The van der Waals surface area contributed by atoms with E-state index in [1.54, 1.807) is 0 Å². The molecular formula is C30H26O2. The predicted molar refractivity (Wildman–Crippen MR) is 125 cm³/mol. The average Bonchev–Trinajstić information content (AvgIpc) is 3.39. The van der Waals surface area contributed by atoms with Gasteiger partial charge < -0.3 is 5.11 Å². The van der Waals surface area contributed by atoms with Crippen molar-refractivity contribution in [2.75, 3.05) is 0 Å². The van der Waals surface area contributed by atoms with Gasteiger partial charge in [-0.05, 0) is 47.2 Å². The summed E-state index contributed by atoms with van der Waals surface area (Å²) in [4.78, 5) is 14.7. The van der Waals surface area contributed by atoms with Crippen molar-refractivity contribution in [1.82, 2.24) is 0 Å². The number of rotatable bonds is 2. The Kier molecular flexibility index (Phi) is 3.09. The van der Waals surface area contributed by atoms with Gasteiger partial charge in [0, 0.05) is 22.7 Å². The van der Waals surface area contributed by atoms with Crippen molar-refractivity contribution in [3.05, 3.63) is 113 Å². The molecule has 2 fully saturated rings. The maximum absolute atomic E-state index is 14.7. The maximum Gasteiger partial charge on any atom is 0.151 e. The number of hydrogen-bond acceptors (Lipinski definition) is 2. The summed E-state index contributed by atoms with van der Waals surface area (Å²) in [6.45, 7) is 6.29. The van der Waals surface area contributed by atoms with Gasteiger partial charge in [0.25, 0.3) is 0 Å². The van der Waals surface area contributed by atoms with Gasteiger partial charge in [0.05, 0.1) is 11.0 Å². The fourth-order valence-electron chi connectivity index (χ4n) is 8.79. The molecule has 0 amide bonds. The highest BCUT2D eigenvalue weighted by atomic mass is 16.3. The van der Waals surface area contributed by atoms with Crippen LogP contribution in [0.25, 0.3) is 5.57 Å². The third-order valence-electron chi connectivity index (χ3n) is 9.63. The first-order valence-corrected chi connectivity index (χ1v) is 11.6. The van der Waals surface area contributed by atoms with Crippen LogP contribution in [-0.2, 0) is 10.2 Å². The van der Waals surface area contributed by atoms with E-state index >= 15 is 0 Å². The highest BCUT2D eigenvalue weighted by Crippen LogP contribution is 2.90. The normalized spacial score (nSPS) is 40.3. The molecular weight excluding hydrogens is 392 g/mol. The zero-order valence-electron chi connectivity index (χ0n) is 18.6. The Hall–Kier alpha value is -2.97. The number of carbonyl (C=O) groups is 1. The smallest absolute Gasteiger partial charge is 0.151 e. The van der Waals surface area contributed by atoms with E-state index in [-0.39, 0.29) is 17.6 Å². The largest absolute Gasteiger partial charge is 0.384 e.